The summed E-state index contributed by atoms with van der Waals surface area (Å²) in [5.74, 6) is 1.34. The molecule has 33 heavy (non-hydrogen) atoms. The van der Waals surface area contributed by atoms with Crippen molar-refractivity contribution in [3.05, 3.63) is 60.4 Å². The van der Waals surface area contributed by atoms with Crippen LogP contribution in [0.4, 0.5) is 4.79 Å². The van der Waals surface area contributed by atoms with Crippen molar-refractivity contribution >= 4 is 28.0 Å². The topological polar surface area (TPSA) is 60.2 Å². The molecule has 1 aliphatic heterocycles. The number of hydrogen-bond donors (Lipinski definition) is 0. The van der Waals surface area contributed by atoms with Crippen LogP contribution in [-0.2, 0) is 11.8 Å². The highest BCUT2D eigenvalue weighted by molar-refractivity contribution is 5.87. The fourth-order valence-corrected chi connectivity index (χ4v) is 4.60. The lowest BCUT2D eigenvalue weighted by molar-refractivity contribution is 0.0202. The molecule has 0 bridgehead atoms. The number of piperidine rings is 1. The van der Waals surface area contributed by atoms with Crippen molar-refractivity contribution in [1.29, 1.82) is 0 Å². The Morgan fingerprint density at radius 1 is 0.970 bits per heavy atom. The summed E-state index contributed by atoms with van der Waals surface area (Å²) in [4.78, 5) is 24.1. The number of ether oxygens (including phenoxy) is 1. The largest absolute Gasteiger partial charge is 0.444 e. The summed E-state index contributed by atoms with van der Waals surface area (Å²) < 4.78 is 7.65. The lowest BCUT2D eigenvalue weighted by Crippen LogP contribution is -2.41. The summed E-state index contributed by atoms with van der Waals surface area (Å²) in [7, 11) is 2.04. The molecule has 170 valence electrons. The maximum absolute atomic E-state index is 12.4. The lowest BCUT2D eigenvalue weighted by atomic mass is 9.96. The molecule has 5 rings (SSSR count). The second-order valence-corrected chi connectivity index (χ2v) is 9.87. The van der Waals surface area contributed by atoms with Gasteiger partial charge in [-0.2, -0.15) is 0 Å². The predicted molar refractivity (Wildman–Crippen MR) is 131 cm³/mol. The molecule has 0 atom stereocenters. The van der Waals surface area contributed by atoms with Crippen LogP contribution in [0, 0.1) is 0 Å². The molecule has 2 aromatic carbocycles. The number of rotatable bonds is 2. The fraction of sp³-hybridized carbons (Fsp3) is 0.370. The van der Waals surface area contributed by atoms with Gasteiger partial charge in [0.2, 0.25) is 0 Å². The smallest absolute Gasteiger partial charge is 0.410 e. The number of benzene rings is 2. The molecular formula is C27H30N4O2. The van der Waals surface area contributed by atoms with E-state index in [2.05, 4.69) is 53.1 Å². The number of fused-ring (bicyclic) bond motifs is 2. The highest BCUT2D eigenvalue weighted by Gasteiger charge is 2.29. The first kappa shape index (κ1) is 21.4. The summed E-state index contributed by atoms with van der Waals surface area (Å²) >= 11 is 0. The number of imidazole rings is 1. The van der Waals surface area contributed by atoms with Crippen molar-refractivity contribution in [3.63, 3.8) is 0 Å². The molecule has 1 fully saturated rings. The number of carbonyl (C=O) groups is 1. The standard InChI is InChI=1S/C27H30N4O2/c1-27(2,3)33-26(32)31-15-13-19(14-16-31)24-29-23-12-11-22(28-25(23)30(24)4)21-10-9-18-7-5-6-8-20(18)17-21/h5-12,17,19H,13-16H2,1-4H3. The molecular weight excluding hydrogens is 412 g/mol. The van der Waals surface area contributed by atoms with E-state index in [9.17, 15) is 4.79 Å². The number of nitrogens with zero attached hydrogens (tertiary/aromatic N) is 4. The normalized spacial score (nSPS) is 15.3. The van der Waals surface area contributed by atoms with E-state index in [-0.39, 0.29) is 6.09 Å². The van der Waals surface area contributed by atoms with Crippen LogP contribution in [-0.4, -0.2) is 44.2 Å². The van der Waals surface area contributed by atoms with Crippen molar-refractivity contribution in [1.82, 2.24) is 19.4 Å². The molecule has 6 heteroatoms. The Balaban J connectivity index is 1.37. The first-order valence-corrected chi connectivity index (χ1v) is 11.6. The van der Waals surface area contributed by atoms with Gasteiger partial charge in [-0.3, -0.25) is 0 Å². The first-order valence-electron chi connectivity index (χ1n) is 11.6. The Morgan fingerprint density at radius 2 is 1.70 bits per heavy atom. The maximum Gasteiger partial charge on any atom is 0.410 e. The quantitative estimate of drug-likeness (QED) is 0.388. The summed E-state index contributed by atoms with van der Waals surface area (Å²) in [5.41, 5.74) is 3.38. The third-order valence-electron chi connectivity index (χ3n) is 6.31. The molecule has 0 radical (unpaired) electrons. The van der Waals surface area contributed by atoms with Gasteiger partial charge in [-0.25, -0.2) is 14.8 Å². The Hall–Kier alpha value is -3.41. The molecule has 3 heterocycles. The Labute approximate surface area is 194 Å². The third kappa shape index (κ3) is 4.30. The van der Waals surface area contributed by atoms with E-state index >= 15 is 0 Å². The monoisotopic (exact) mass is 442 g/mol. The van der Waals surface area contributed by atoms with Gasteiger partial charge in [-0.05, 0) is 62.6 Å². The van der Waals surface area contributed by atoms with Gasteiger partial charge in [0.1, 0.15) is 16.9 Å². The van der Waals surface area contributed by atoms with E-state index in [1.807, 2.05) is 33.9 Å². The average Bonchev–Trinajstić information content (AvgIpc) is 3.13. The van der Waals surface area contributed by atoms with Crippen LogP contribution in [0.25, 0.3) is 33.2 Å². The van der Waals surface area contributed by atoms with Crippen molar-refractivity contribution < 1.29 is 9.53 Å². The Bertz CT molecular complexity index is 1330. The van der Waals surface area contributed by atoms with Crippen molar-refractivity contribution in [2.24, 2.45) is 7.05 Å². The molecule has 0 spiro atoms. The minimum atomic E-state index is -0.472. The van der Waals surface area contributed by atoms with Gasteiger partial charge in [0.15, 0.2) is 5.65 Å². The summed E-state index contributed by atoms with van der Waals surface area (Å²) in [5, 5.41) is 2.43. The van der Waals surface area contributed by atoms with Crippen LogP contribution in [0.15, 0.2) is 54.6 Å². The molecule has 6 nitrogen and oxygen atoms in total. The minimum Gasteiger partial charge on any atom is -0.444 e. The molecule has 1 aliphatic rings. The number of likely N-dealkylation sites (tertiary alicyclic amines) is 1. The lowest BCUT2D eigenvalue weighted by Gasteiger charge is -2.33. The number of aryl methyl sites for hydroxylation is 1. The highest BCUT2D eigenvalue weighted by Crippen LogP contribution is 2.31. The summed E-state index contributed by atoms with van der Waals surface area (Å²) in [6.45, 7) is 7.06. The minimum absolute atomic E-state index is 0.229. The van der Waals surface area contributed by atoms with E-state index in [0.29, 0.717) is 19.0 Å². The van der Waals surface area contributed by atoms with Gasteiger partial charge >= 0.3 is 6.09 Å². The predicted octanol–water partition coefficient (Wildman–Crippen LogP) is 5.90. The van der Waals surface area contributed by atoms with Crippen LogP contribution in [0.5, 0.6) is 0 Å². The van der Waals surface area contributed by atoms with Crippen LogP contribution in [0.1, 0.15) is 45.4 Å². The van der Waals surface area contributed by atoms with E-state index in [0.717, 1.165) is 41.1 Å². The van der Waals surface area contributed by atoms with E-state index in [4.69, 9.17) is 14.7 Å². The van der Waals surface area contributed by atoms with E-state index in [1.54, 1.807) is 4.90 Å². The van der Waals surface area contributed by atoms with Gasteiger partial charge in [-0.1, -0.05) is 36.4 Å². The van der Waals surface area contributed by atoms with E-state index in [1.165, 1.54) is 10.8 Å². The van der Waals surface area contributed by atoms with Crippen LogP contribution in [0.2, 0.25) is 0 Å². The average molecular weight is 443 g/mol. The molecule has 0 saturated carbocycles. The molecule has 0 aliphatic carbocycles. The molecule has 0 unspecified atom stereocenters. The van der Waals surface area contributed by atoms with Crippen LogP contribution < -0.4 is 0 Å². The van der Waals surface area contributed by atoms with Gasteiger partial charge in [0.25, 0.3) is 0 Å². The van der Waals surface area contributed by atoms with Gasteiger partial charge < -0.3 is 14.2 Å². The zero-order valence-electron chi connectivity index (χ0n) is 19.7. The van der Waals surface area contributed by atoms with E-state index < -0.39 is 5.60 Å². The molecule has 1 saturated heterocycles. The SMILES string of the molecule is Cn1c(C2CCN(C(=O)OC(C)(C)C)CC2)nc2ccc(-c3ccc4ccccc4c3)nc21. The molecule has 1 amide bonds. The Kier molecular flexibility index (Phi) is 5.31. The molecule has 4 aromatic rings. The number of pyridine rings is 1. The third-order valence-corrected chi connectivity index (χ3v) is 6.31. The van der Waals surface area contributed by atoms with Crippen molar-refractivity contribution in [3.8, 4) is 11.3 Å². The fourth-order valence-electron chi connectivity index (χ4n) is 4.60. The second kappa shape index (κ2) is 8.18. The van der Waals surface area contributed by atoms with Crippen molar-refractivity contribution in [2.45, 2.75) is 45.1 Å². The Morgan fingerprint density at radius 3 is 2.42 bits per heavy atom. The number of carbonyl (C=O) groups excluding carboxylic acids is 1. The zero-order chi connectivity index (χ0) is 23.2. The van der Waals surface area contributed by atoms with Gasteiger partial charge in [0, 0.05) is 31.6 Å². The molecule has 2 aromatic heterocycles. The maximum atomic E-state index is 12.4. The van der Waals surface area contributed by atoms with Crippen molar-refractivity contribution in [2.75, 3.05) is 13.1 Å². The summed E-state index contributed by atoms with van der Waals surface area (Å²) in [6, 6.07) is 18.9. The first-order chi connectivity index (χ1) is 15.8. The number of hydrogen-bond acceptors (Lipinski definition) is 4. The van der Waals surface area contributed by atoms with Crippen LogP contribution >= 0.6 is 0 Å². The second-order valence-electron chi connectivity index (χ2n) is 9.87. The summed E-state index contributed by atoms with van der Waals surface area (Å²) in [6.07, 6.45) is 1.51. The number of amides is 1. The molecule has 0 N–H and O–H groups in total. The number of aromatic nitrogens is 3. The van der Waals surface area contributed by atoms with Gasteiger partial charge in [-0.15, -0.1) is 0 Å². The van der Waals surface area contributed by atoms with Gasteiger partial charge in [0.05, 0.1) is 5.69 Å². The highest BCUT2D eigenvalue weighted by atomic mass is 16.6. The zero-order valence-corrected chi connectivity index (χ0v) is 19.7. The van der Waals surface area contributed by atoms with Crippen LogP contribution in [0.3, 0.4) is 0 Å².